The number of carbonyl (C=O) groups is 2. The van der Waals surface area contributed by atoms with Crippen LogP contribution in [0, 0.1) is 11.8 Å². The largest absolute Gasteiger partial charge is 0.391 e. The predicted octanol–water partition coefficient (Wildman–Crippen LogP) is 2.90. The molecule has 1 fully saturated rings. The number of aromatic nitrogens is 1. The van der Waals surface area contributed by atoms with Crippen molar-refractivity contribution in [3.8, 4) is 0 Å². The fraction of sp³-hybridized carbons (Fsp3) is 0.562. The van der Waals surface area contributed by atoms with E-state index in [1.54, 1.807) is 12.1 Å². The lowest BCUT2D eigenvalue weighted by Crippen LogP contribution is -2.38. The van der Waals surface area contributed by atoms with E-state index in [0.717, 1.165) is 0 Å². The molecule has 5 nitrogen and oxygen atoms in total. The molecular formula is C16H20F3N3O2. The molecule has 1 saturated carbocycles. The molecule has 0 aliphatic heterocycles. The molecule has 24 heavy (non-hydrogen) atoms. The number of rotatable bonds is 5. The Morgan fingerprint density at radius 1 is 1.21 bits per heavy atom. The van der Waals surface area contributed by atoms with Gasteiger partial charge in [0, 0.05) is 37.0 Å². The summed E-state index contributed by atoms with van der Waals surface area (Å²) in [6, 6.07) is 3.27. The number of carbonyl (C=O) groups excluding carboxylic acids is 2. The standard InChI is InChI=1S/C16H20F3N3O2/c17-16(18,19)12-3-1-2-11(10-12)15(24)21-9-6-14(23)22-13-4-7-20-8-5-13/h4-5,7-8,11-12H,1-3,6,9-10H2,(H,21,24)(H,20,22,23)/t11-,12+/m1/s1. The van der Waals surface area contributed by atoms with Crippen LogP contribution in [-0.2, 0) is 9.59 Å². The maximum Gasteiger partial charge on any atom is 0.391 e. The SMILES string of the molecule is O=C(CCNC(=O)[C@@H]1CCC[C@H](C(F)(F)F)C1)Nc1ccncc1. The van der Waals surface area contributed by atoms with E-state index in [0.29, 0.717) is 18.5 Å². The first-order valence-electron chi connectivity index (χ1n) is 7.90. The molecule has 0 unspecified atom stereocenters. The molecule has 1 aliphatic carbocycles. The predicted molar refractivity (Wildman–Crippen MR) is 82.0 cm³/mol. The average Bonchev–Trinajstić information content (AvgIpc) is 2.55. The molecular weight excluding hydrogens is 323 g/mol. The minimum atomic E-state index is -4.25. The molecule has 1 aromatic heterocycles. The molecule has 0 spiro atoms. The lowest BCUT2D eigenvalue weighted by atomic mass is 9.80. The summed E-state index contributed by atoms with van der Waals surface area (Å²) in [5, 5.41) is 5.20. The molecule has 0 saturated heterocycles. The Balaban J connectivity index is 1.72. The van der Waals surface area contributed by atoms with Gasteiger partial charge in [-0.05, 0) is 31.4 Å². The zero-order chi connectivity index (χ0) is 17.6. The van der Waals surface area contributed by atoms with E-state index < -0.39 is 23.9 Å². The second kappa shape index (κ2) is 8.12. The second-order valence-electron chi connectivity index (χ2n) is 5.93. The number of hydrogen-bond acceptors (Lipinski definition) is 3. The highest BCUT2D eigenvalue weighted by Crippen LogP contribution is 2.39. The number of pyridine rings is 1. The Bertz CT molecular complexity index is 563. The van der Waals surface area contributed by atoms with Crippen LogP contribution in [0.25, 0.3) is 0 Å². The van der Waals surface area contributed by atoms with Crippen LogP contribution in [0.5, 0.6) is 0 Å². The van der Waals surface area contributed by atoms with Gasteiger partial charge in [0.15, 0.2) is 0 Å². The quantitative estimate of drug-likeness (QED) is 0.864. The fourth-order valence-corrected chi connectivity index (χ4v) is 2.83. The van der Waals surface area contributed by atoms with Gasteiger partial charge in [-0.3, -0.25) is 14.6 Å². The van der Waals surface area contributed by atoms with E-state index in [-0.39, 0.29) is 31.7 Å². The van der Waals surface area contributed by atoms with Crippen molar-refractivity contribution >= 4 is 17.5 Å². The lowest BCUT2D eigenvalue weighted by Gasteiger charge is -2.29. The van der Waals surface area contributed by atoms with Crippen LogP contribution >= 0.6 is 0 Å². The number of nitrogens with zero attached hydrogens (tertiary/aromatic N) is 1. The summed E-state index contributed by atoms with van der Waals surface area (Å²) in [6.45, 7) is 0.100. The van der Waals surface area contributed by atoms with Crippen LogP contribution in [0.2, 0.25) is 0 Å². The lowest BCUT2D eigenvalue weighted by molar-refractivity contribution is -0.186. The second-order valence-corrected chi connectivity index (χ2v) is 5.93. The third-order valence-corrected chi connectivity index (χ3v) is 4.12. The van der Waals surface area contributed by atoms with E-state index >= 15 is 0 Å². The fourth-order valence-electron chi connectivity index (χ4n) is 2.83. The van der Waals surface area contributed by atoms with Crippen LogP contribution < -0.4 is 10.6 Å². The summed E-state index contributed by atoms with van der Waals surface area (Å²) < 4.78 is 38.3. The van der Waals surface area contributed by atoms with Gasteiger partial charge >= 0.3 is 6.18 Å². The van der Waals surface area contributed by atoms with Gasteiger partial charge in [-0.1, -0.05) is 6.42 Å². The Hall–Kier alpha value is -2.12. The van der Waals surface area contributed by atoms with Gasteiger partial charge in [0.1, 0.15) is 0 Å². The van der Waals surface area contributed by atoms with Crippen molar-refractivity contribution in [2.75, 3.05) is 11.9 Å². The summed E-state index contributed by atoms with van der Waals surface area (Å²) in [7, 11) is 0. The third kappa shape index (κ3) is 5.50. The summed E-state index contributed by atoms with van der Waals surface area (Å²) in [6.07, 6.45) is -0.339. The molecule has 132 valence electrons. The van der Waals surface area contributed by atoms with E-state index in [9.17, 15) is 22.8 Å². The minimum Gasteiger partial charge on any atom is -0.355 e. The van der Waals surface area contributed by atoms with Crippen LogP contribution in [0.3, 0.4) is 0 Å². The average molecular weight is 343 g/mol. The molecule has 0 radical (unpaired) electrons. The van der Waals surface area contributed by atoms with Crippen LogP contribution in [0.15, 0.2) is 24.5 Å². The highest BCUT2D eigenvalue weighted by Gasteiger charge is 2.43. The Morgan fingerprint density at radius 3 is 2.58 bits per heavy atom. The molecule has 2 N–H and O–H groups in total. The van der Waals surface area contributed by atoms with Gasteiger partial charge in [0.05, 0.1) is 5.92 Å². The molecule has 8 heteroatoms. The van der Waals surface area contributed by atoms with Crippen molar-refractivity contribution in [2.24, 2.45) is 11.8 Å². The van der Waals surface area contributed by atoms with Crippen LogP contribution in [0.1, 0.15) is 32.1 Å². The van der Waals surface area contributed by atoms with Crippen molar-refractivity contribution in [3.63, 3.8) is 0 Å². The van der Waals surface area contributed by atoms with Crippen LogP contribution in [-0.4, -0.2) is 29.5 Å². The molecule has 1 aromatic rings. The summed E-state index contributed by atoms with van der Waals surface area (Å²) in [5.74, 6) is -2.72. The molecule has 2 atom stereocenters. The molecule has 0 aromatic carbocycles. The van der Waals surface area contributed by atoms with E-state index in [4.69, 9.17) is 0 Å². The van der Waals surface area contributed by atoms with Gasteiger partial charge in [-0.2, -0.15) is 13.2 Å². The number of anilines is 1. The molecule has 2 rings (SSSR count). The van der Waals surface area contributed by atoms with E-state index in [1.807, 2.05) is 0 Å². The van der Waals surface area contributed by atoms with Crippen molar-refractivity contribution in [1.82, 2.24) is 10.3 Å². The van der Waals surface area contributed by atoms with Crippen molar-refractivity contribution in [2.45, 2.75) is 38.3 Å². The Labute approximate surface area is 138 Å². The first kappa shape index (κ1) is 18.2. The van der Waals surface area contributed by atoms with Gasteiger partial charge in [0.2, 0.25) is 11.8 Å². The first-order valence-corrected chi connectivity index (χ1v) is 7.90. The molecule has 1 heterocycles. The Kier molecular flexibility index (Phi) is 6.16. The van der Waals surface area contributed by atoms with Crippen molar-refractivity contribution in [3.05, 3.63) is 24.5 Å². The number of hydrogen-bond donors (Lipinski definition) is 2. The van der Waals surface area contributed by atoms with Crippen molar-refractivity contribution < 1.29 is 22.8 Å². The summed E-state index contributed by atoms with van der Waals surface area (Å²) in [4.78, 5) is 27.5. The van der Waals surface area contributed by atoms with Gasteiger partial charge in [0.25, 0.3) is 0 Å². The number of halogens is 3. The highest BCUT2D eigenvalue weighted by molar-refractivity contribution is 5.91. The maximum absolute atomic E-state index is 12.8. The molecule has 2 amide bonds. The normalized spacial score (nSPS) is 21.1. The van der Waals surface area contributed by atoms with Crippen molar-refractivity contribution in [1.29, 1.82) is 0 Å². The summed E-state index contributed by atoms with van der Waals surface area (Å²) in [5.41, 5.74) is 0.599. The van der Waals surface area contributed by atoms with Gasteiger partial charge < -0.3 is 10.6 Å². The van der Waals surface area contributed by atoms with E-state index in [1.165, 1.54) is 12.4 Å². The topological polar surface area (TPSA) is 71.1 Å². The zero-order valence-electron chi connectivity index (χ0n) is 13.1. The summed E-state index contributed by atoms with van der Waals surface area (Å²) >= 11 is 0. The minimum absolute atomic E-state index is 0.0590. The van der Waals surface area contributed by atoms with Gasteiger partial charge in [-0.15, -0.1) is 0 Å². The monoisotopic (exact) mass is 343 g/mol. The smallest absolute Gasteiger partial charge is 0.355 e. The number of alkyl halides is 3. The molecule has 0 bridgehead atoms. The van der Waals surface area contributed by atoms with E-state index in [2.05, 4.69) is 15.6 Å². The maximum atomic E-state index is 12.8. The number of amides is 2. The first-order chi connectivity index (χ1) is 11.4. The number of nitrogens with one attached hydrogen (secondary N) is 2. The van der Waals surface area contributed by atoms with Crippen LogP contribution in [0.4, 0.5) is 18.9 Å². The molecule has 1 aliphatic rings. The Morgan fingerprint density at radius 2 is 1.92 bits per heavy atom. The highest BCUT2D eigenvalue weighted by atomic mass is 19.4. The third-order valence-electron chi connectivity index (χ3n) is 4.12. The zero-order valence-corrected chi connectivity index (χ0v) is 13.1. The van der Waals surface area contributed by atoms with Gasteiger partial charge in [-0.25, -0.2) is 0 Å².